The van der Waals surface area contributed by atoms with Crippen LogP contribution in [0.5, 0.6) is 11.5 Å². The lowest BCUT2D eigenvalue weighted by Gasteiger charge is -2.33. The molecule has 2 rings (SSSR count). The van der Waals surface area contributed by atoms with E-state index < -0.39 is 0 Å². The summed E-state index contributed by atoms with van der Waals surface area (Å²) >= 11 is 0. The second-order valence-electron chi connectivity index (χ2n) is 12.1. The van der Waals surface area contributed by atoms with Gasteiger partial charge in [0.2, 0.25) is 0 Å². The van der Waals surface area contributed by atoms with Crippen LogP contribution in [0.25, 0.3) is 0 Å². The first-order chi connectivity index (χ1) is 16.6. The summed E-state index contributed by atoms with van der Waals surface area (Å²) in [5.41, 5.74) is 2.51. The number of likely N-dealkylation sites (N-methyl/N-ethyl adjacent to an activating group) is 2. The molecule has 2 bridgehead atoms. The molecule has 1 heterocycles. The van der Waals surface area contributed by atoms with Crippen LogP contribution in [0.4, 0.5) is 0 Å². The van der Waals surface area contributed by atoms with Crippen LogP contribution >= 0.6 is 0 Å². The predicted octanol–water partition coefficient (Wildman–Crippen LogP) is 3.90. The van der Waals surface area contributed by atoms with Gasteiger partial charge in [0.1, 0.15) is 37.7 Å². The fourth-order valence-electron chi connectivity index (χ4n) is 5.02. The third-order valence-corrected chi connectivity index (χ3v) is 7.61. The smallest absolute Gasteiger partial charge is 0.137 e. The molecule has 6 heteroatoms. The number of fused-ring (bicyclic) bond motifs is 2. The molecule has 1 unspecified atom stereocenters. The number of benzene rings is 1. The van der Waals surface area contributed by atoms with Gasteiger partial charge in [0.15, 0.2) is 0 Å². The summed E-state index contributed by atoms with van der Waals surface area (Å²) < 4.78 is 14.5. The molecular weight excluding hydrogens is 440 g/mol. The summed E-state index contributed by atoms with van der Waals surface area (Å²) in [4.78, 5) is 0. The largest absolute Gasteiger partial charge is 0.493 e. The maximum Gasteiger partial charge on any atom is 0.137 e. The molecule has 2 N–H and O–H groups in total. The normalized spacial score (nSPS) is 19.7. The quantitative estimate of drug-likeness (QED) is 0.408. The molecule has 0 saturated heterocycles. The highest BCUT2D eigenvalue weighted by Gasteiger charge is 2.25. The van der Waals surface area contributed by atoms with Crippen molar-refractivity contribution in [2.45, 2.75) is 58.8 Å². The molecule has 1 aliphatic rings. The van der Waals surface area contributed by atoms with Crippen molar-refractivity contribution in [1.82, 2.24) is 0 Å². The van der Waals surface area contributed by atoms with Crippen molar-refractivity contribution in [2.75, 3.05) is 80.8 Å². The van der Waals surface area contributed by atoms with Crippen LogP contribution in [0.2, 0.25) is 0 Å². The van der Waals surface area contributed by atoms with Crippen LogP contribution < -0.4 is 9.47 Å². The van der Waals surface area contributed by atoms with Gasteiger partial charge in [-0.15, -0.1) is 0 Å². The summed E-state index contributed by atoms with van der Waals surface area (Å²) in [5.74, 6) is 3.17. The van der Waals surface area contributed by atoms with Crippen molar-refractivity contribution in [3.8, 4) is 11.5 Å². The van der Waals surface area contributed by atoms with Crippen LogP contribution in [0.15, 0.2) is 12.1 Å². The second-order valence-corrected chi connectivity index (χ2v) is 12.1. The Morgan fingerprint density at radius 3 is 2.37 bits per heavy atom. The van der Waals surface area contributed by atoms with Gasteiger partial charge in [-0.3, -0.25) is 0 Å². The SMILES string of the molecule is CCCCc1cc(OCC[N+](C)(C)CCO)c2cc1OCC(C[N+](C)(C)CCO)CC[C@@H](C)CC2. The van der Waals surface area contributed by atoms with Gasteiger partial charge in [-0.2, -0.15) is 0 Å². The molecule has 2 atom stereocenters. The molecule has 1 aliphatic heterocycles. The molecule has 1 aromatic carbocycles. The van der Waals surface area contributed by atoms with Crippen LogP contribution in [-0.4, -0.2) is 100.0 Å². The topological polar surface area (TPSA) is 58.9 Å². The zero-order valence-electron chi connectivity index (χ0n) is 23.5. The molecule has 0 spiro atoms. The molecule has 1 aromatic rings. The van der Waals surface area contributed by atoms with E-state index in [1.165, 1.54) is 17.5 Å². The number of quaternary nitrogens is 2. The van der Waals surface area contributed by atoms with Gasteiger partial charge in [0, 0.05) is 5.92 Å². The minimum Gasteiger partial charge on any atom is -0.493 e. The summed E-state index contributed by atoms with van der Waals surface area (Å²) in [6.07, 6.45) is 7.81. The number of aliphatic hydroxyl groups is 2. The summed E-state index contributed by atoms with van der Waals surface area (Å²) in [6, 6.07) is 4.51. The molecule has 202 valence electrons. The van der Waals surface area contributed by atoms with Crippen molar-refractivity contribution < 1.29 is 28.7 Å². The number of hydrogen-bond donors (Lipinski definition) is 2. The van der Waals surface area contributed by atoms with Gasteiger partial charge in [-0.1, -0.05) is 26.7 Å². The van der Waals surface area contributed by atoms with E-state index in [-0.39, 0.29) is 13.2 Å². The molecule has 0 amide bonds. The van der Waals surface area contributed by atoms with Crippen molar-refractivity contribution in [1.29, 1.82) is 0 Å². The fourth-order valence-corrected chi connectivity index (χ4v) is 5.02. The van der Waals surface area contributed by atoms with Gasteiger partial charge in [-0.25, -0.2) is 0 Å². The summed E-state index contributed by atoms with van der Waals surface area (Å²) in [6.45, 7) is 9.78. The van der Waals surface area contributed by atoms with E-state index in [1.54, 1.807) is 0 Å². The number of nitrogens with zero attached hydrogens (tertiary/aromatic N) is 2. The highest BCUT2D eigenvalue weighted by atomic mass is 16.5. The van der Waals surface area contributed by atoms with Crippen LogP contribution in [0.1, 0.15) is 57.1 Å². The second kappa shape index (κ2) is 14.4. The monoisotopic (exact) mass is 494 g/mol. The Hall–Kier alpha value is -1.34. The zero-order chi connectivity index (χ0) is 25.9. The van der Waals surface area contributed by atoms with E-state index in [4.69, 9.17) is 9.47 Å². The number of rotatable bonds is 13. The Morgan fingerprint density at radius 1 is 0.971 bits per heavy atom. The first-order valence-corrected chi connectivity index (χ1v) is 13.9. The van der Waals surface area contributed by atoms with Crippen molar-refractivity contribution >= 4 is 0 Å². The number of hydrogen-bond acceptors (Lipinski definition) is 4. The van der Waals surface area contributed by atoms with Crippen LogP contribution in [0, 0.1) is 11.8 Å². The summed E-state index contributed by atoms with van der Waals surface area (Å²) in [5, 5.41) is 18.8. The maximum atomic E-state index is 9.49. The molecule has 0 aromatic heterocycles. The minimum absolute atomic E-state index is 0.195. The highest BCUT2D eigenvalue weighted by molar-refractivity contribution is 5.47. The van der Waals surface area contributed by atoms with E-state index in [1.807, 2.05) is 0 Å². The third kappa shape index (κ3) is 10.7. The van der Waals surface area contributed by atoms with E-state index in [9.17, 15) is 10.2 Å². The molecule has 0 fully saturated rings. The molecule has 0 radical (unpaired) electrons. The molecule has 0 saturated carbocycles. The lowest BCUT2D eigenvalue weighted by molar-refractivity contribution is -0.894. The maximum absolute atomic E-state index is 9.49. The van der Waals surface area contributed by atoms with Gasteiger partial charge in [0.25, 0.3) is 0 Å². The average Bonchev–Trinajstić information content (AvgIpc) is 2.80. The Morgan fingerprint density at radius 2 is 1.69 bits per heavy atom. The molecule has 35 heavy (non-hydrogen) atoms. The predicted molar refractivity (Wildman–Crippen MR) is 144 cm³/mol. The van der Waals surface area contributed by atoms with Gasteiger partial charge >= 0.3 is 0 Å². The van der Waals surface area contributed by atoms with E-state index in [0.717, 1.165) is 91.8 Å². The number of aryl methyl sites for hydroxylation is 2. The van der Waals surface area contributed by atoms with Crippen LogP contribution in [-0.2, 0) is 12.8 Å². The standard InChI is InChI=1S/C29H54N2O4/c1-7-8-9-26-20-28(34-19-16-30(3,4)14-17-32)27-13-11-24(2)10-12-25(23-35-29(26)21-27)22-31(5,6)15-18-33/h20-21,24-25,32-33H,7-19,22-23H2,1-6H3/q+2/t24-,25?/m1/s1. The summed E-state index contributed by atoms with van der Waals surface area (Å²) in [7, 11) is 8.70. The van der Waals surface area contributed by atoms with Crippen molar-refractivity contribution in [2.24, 2.45) is 11.8 Å². The first-order valence-electron chi connectivity index (χ1n) is 13.9. The van der Waals surface area contributed by atoms with Crippen molar-refractivity contribution in [3.63, 3.8) is 0 Å². The first kappa shape index (κ1) is 29.9. The average molecular weight is 495 g/mol. The van der Waals surface area contributed by atoms with Gasteiger partial charge < -0.3 is 28.7 Å². The van der Waals surface area contributed by atoms with Gasteiger partial charge in [-0.05, 0) is 61.3 Å². The minimum atomic E-state index is 0.195. The number of aliphatic hydroxyl groups excluding tert-OH is 2. The molecule has 6 nitrogen and oxygen atoms in total. The Bertz CT molecular complexity index is 750. The van der Waals surface area contributed by atoms with E-state index in [2.05, 4.69) is 54.2 Å². The molecular formula is C29H54N2O4+2. The van der Waals surface area contributed by atoms with Crippen LogP contribution in [0.3, 0.4) is 0 Å². The number of unbranched alkanes of at least 4 members (excludes halogenated alkanes) is 1. The lowest BCUT2D eigenvalue weighted by atomic mass is 9.92. The van der Waals surface area contributed by atoms with Crippen molar-refractivity contribution in [3.05, 3.63) is 23.3 Å². The third-order valence-electron chi connectivity index (χ3n) is 7.61. The fraction of sp³-hybridized carbons (Fsp3) is 0.793. The van der Waals surface area contributed by atoms with E-state index >= 15 is 0 Å². The van der Waals surface area contributed by atoms with E-state index in [0.29, 0.717) is 18.4 Å². The lowest BCUT2D eigenvalue weighted by Crippen LogP contribution is -2.46. The molecule has 0 aliphatic carbocycles. The number of ether oxygens (including phenoxy) is 2. The Labute approximate surface area is 215 Å². The zero-order valence-corrected chi connectivity index (χ0v) is 23.5. The Kier molecular flexibility index (Phi) is 12.3. The van der Waals surface area contributed by atoms with Gasteiger partial charge in [0.05, 0.1) is 54.6 Å². The Balaban J connectivity index is 2.26. The highest BCUT2D eigenvalue weighted by Crippen LogP contribution is 2.34.